The zero-order chi connectivity index (χ0) is 91.4. The number of pyridine rings is 2. The van der Waals surface area contributed by atoms with Crippen LogP contribution in [0.2, 0.25) is 0 Å². The summed E-state index contributed by atoms with van der Waals surface area (Å²) in [5.74, 6) is 5.85. The quantitative estimate of drug-likeness (QED) is 0.0810. The molecule has 0 bridgehead atoms. The Morgan fingerprint density at radius 2 is 0.299 bits per heavy atom. The predicted octanol–water partition coefficient (Wildman–Crippen LogP) is 30.9. The first-order chi connectivity index (χ1) is 65.5. The first-order valence-corrected chi connectivity index (χ1v) is 45.1. The molecule has 0 fully saturated rings. The largest absolute Gasteiger partial charge is 0.256 e. The van der Waals surface area contributed by atoms with E-state index in [9.17, 15) is 0 Å². The van der Waals surface area contributed by atoms with Gasteiger partial charge in [-0.25, -0.2) is 44.9 Å². The molecule has 5 heterocycles. The molecule has 11 nitrogen and oxygen atoms in total. The first kappa shape index (κ1) is 86.2. The summed E-state index contributed by atoms with van der Waals surface area (Å²) in [5, 5.41) is 0. The third-order valence-corrected chi connectivity index (χ3v) is 23.7. The SMILES string of the molecule is Cc1cc(C)cc(-c2nc(-c3cc(C)cc(C)c3)nc(-c3cc(-c4ccccc4)cc(-c4ccc(-c5ccccc5)cc4)c3)n2)c1.Cc1ccc(-c2nc(-c3ccc(C)cc3)nc(-c3cc(-c4ccccc4)cc(-c4ccc(-c5ccccn5)cc4)c3)n2)cc1.Cc1ccc(-c2nc(-c3ccc(C)cc3)nc(-c3cc(-c4ccccc4)cc(-c4cccc(-c5ccccn5)c4)c3)n2)cc1. The normalized spacial score (nSPS) is 11.0. The molecule has 16 aromatic carbocycles. The number of benzene rings is 16. The lowest BCUT2D eigenvalue weighted by Crippen LogP contribution is -2.01. The second kappa shape index (κ2) is 39.4. The Bertz CT molecular complexity index is 7480. The molecule has 21 rings (SSSR count). The molecule has 0 spiro atoms. The zero-order valence-electron chi connectivity index (χ0n) is 75.9. The van der Waals surface area contributed by atoms with Gasteiger partial charge in [-0.1, -0.05) is 354 Å². The van der Waals surface area contributed by atoms with E-state index in [2.05, 4.69) is 429 Å². The molecule has 0 atom stereocenters. The minimum Gasteiger partial charge on any atom is -0.256 e. The number of aryl methyl sites for hydroxylation is 8. The average molecular weight is 1730 g/mol. The molecule has 0 radical (unpaired) electrons. The molecule has 0 N–H and O–H groups in total. The molecular weight excluding hydrogens is 1630 g/mol. The average Bonchev–Trinajstić information content (AvgIpc) is 0.798. The summed E-state index contributed by atoms with van der Waals surface area (Å²) in [4.78, 5) is 54.4. The van der Waals surface area contributed by atoms with Gasteiger partial charge in [-0.15, -0.1) is 0 Å². The molecule has 21 aromatic rings. The molecule has 0 unspecified atom stereocenters. The monoisotopic (exact) mass is 1730 g/mol. The fourth-order valence-electron chi connectivity index (χ4n) is 16.7. The fourth-order valence-corrected chi connectivity index (χ4v) is 16.7. The maximum Gasteiger partial charge on any atom is 0.164 e. The van der Waals surface area contributed by atoms with Gasteiger partial charge in [-0.2, -0.15) is 0 Å². The van der Waals surface area contributed by atoms with Gasteiger partial charge in [0.25, 0.3) is 0 Å². The standard InChI is InChI=1S/C43H35N3.2C40H30N4/c1-28-19-29(2)22-38(21-28)41-44-42(39-23-30(3)20-31(4)24-39)46-43(45-41)40-26-36(33-13-9-6-10-14-33)25-37(27-40)35-17-15-34(16-18-35)32-11-7-5-8-12-32;1-27-14-18-30(19-15-27)38-42-39(31-20-16-28(2)17-21-31)44-40(43-38)36-25-34(29-9-4-3-5-10-29)24-35(26-36)32-11-8-12-33(23-32)37-13-6-7-22-41-37;1-27-11-15-32(16-12-27)38-42-39(33-17-13-28(2)14-18-33)44-40(43-38)36-25-34(29-8-4-3-5-9-29)24-35(26-36)30-19-21-31(22-20-30)37-10-6-7-23-41-37/h5-27H,1-4H3;2*3-26H,1-2H3. The van der Waals surface area contributed by atoms with E-state index < -0.39 is 0 Å². The molecule has 0 saturated carbocycles. The first-order valence-electron chi connectivity index (χ1n) is 45.1. The van der Waals surface area contributed by atoms with Crippen molar-refractivity contribution in [1.29, 1.82) is 0 Å². The van der Waals surface area contributed by atoms with Gasteiger partial charge in [-0.3, -0.25) is 9.97 Å². The van der Waals surface area contributed by atoms with E-state index in [4.69, 9.17) is 44.9 Å². The van der Waals surface area contributed by atoms with Crippen molar-refractivity contribution in [1.82, 2.24) is 54.8 Å². The summed E-state index contributed by atoms with van der Waals surface area (Å²) in [5.41, 5.74) is 37.8. The number of aromatic nitrogens is 11. The summed E-state index contributed by atoms with van der Waals surface area (Å²) < 4.78 is 0. The molecule has 5 aromatic heterocycles. The zero-order valence-corrected chi connectivity index (χ0v) is 75.9. The number of hydrogen-bond acceptors (Lipinski definition) is 11. The Morgan fingerprint density at radius 3 is 0.575 bits per heavy atom. The van der Waals surface area contributed by atoms with Crippen LogP contribution in [0, 0.1) is 55.4 Å². The van der Waals surface area contributed by atoms with Crippen LogP contribution in [-0.2, 0) is 0 Å². The van der Waals surface area contributed by atoms with Crippen molar-refractivity contribution in [2.75, 3.05) is 0 Å². The number of nitrogens with zero attached hydrogens (tertiary/aromatic N) is 11. The van der Waals surface area contributed by atoms with Crippen molar-refractivity contribution in [3.8, 4) is 203 Å². The van der Waals surface area contributed by atoms with E-state index in [1.54, 1.807) is 0 Å². The lowest BCUT2D eigenvalue weighted by molar-refractivity contribution is 1.07. The van der Waals surface area contributed by atoms with Gasteiger partial charge in [0.15, 0.2) is 52.4 Å². The molecule has 0 amide bonds. The maximum absolute atomic E-state index is 5.13. The summed E-state index contributed by atoms with van der Waals surface area (Å²) in [7, 11) is 0. The molecule has 0 aliphatic carbocycles. The maximum atomic E-state index is 5.13. The van der Waals surface area contributed by atoms with Crippen molar-refractivity contribution >= 4 is 0 Å². The highest BCUT2D eigenvalue weighted by Gasteiger charge is 2.22. The van der Waals surface area contributed by atoms with E-state index in [0.29, 0.717) is 52.4 Å². The molecule has 11 heteroatoms. The Morgan fingerprint density at radius 1 is 0.112 bits per heavy atom. The van der Waals surface area contributed by atoms with Gasteiger partial charge >= 0.3 is 0 Å². The van der Waals surface area contributed by atoms with Crippen LogP contribution >= 0.6 is 0 Å². The molecule has 0 aliphatic rings. The highest BCUT2D eigenvalue weighted by molar-refractivity contribution is 5.86. The highest BCUT2D eigenvalue weighted by atomic mass is 15.1. The van der Waals surface area contributed by atoms with Crippen molar-refractivity contribution in [3.05, 3.63) is 475 Å². The van der Waals surface area contributed by atoms with E-state index in [0.717, 1.165) is 139 Å². The number of rotatable bonds is 18. The van der Waals surface area contributed by atoms with E-state index in [1.165, 1.54) is 55.6 Å². The smallest absolute Gasteiger partial charge is 0.164 e. The van der Waals surface area contributed by atoms with Gasteiger partial charge in [0.05, 0.1) is 11.4 Å². The summed E-state index contributed by atoms with van der Waals surface area (Å²) in [6.07, 6.45) is 3.65. The van der Waals surface area contributed by atoms with Gasteiger partial charge in [0, 0.05) is 73.6 Å². The minimum atomic E-state index is 0.631. The summed E-state index contributed by atoms with van der Waals surface area (Å²) in [6.45, 7) is 16.8. The van der Waals surface area contributed by atoms with Crippen LogP contribution < -0.4 is 0 Å². The lowest BCUT2D eigenvalue weighted by atomic mass is 9.94. The number of hydrogen-bond donors (Lipinski definition) is 0. The second-order valence-corrected chi connectivity index (χ2v) is 34.2. The highest BCUT2D eigenvalue weighted by Crippen LogP contribution is 2.41. The van der Waals surface area contributed by atoms with Crippen LogP contribution in [0.3, 0.4) is 0 Å². The van der Waals surface area contributed by atoms with Crippen molar-refractivity contribution in [2.24, 2.45) is 0 Å². The summed E-state index contributed by atoms with van der Waals surface area (Å²) in [6, 6.07) is 146. The molecule has 134 heavy (non-hydrogen) atoms. The second-order valence-electron chi connectivity index (χ2n) is 34.2. The van der Waals surface area contributed by atoms with Crippen LogP contribution in [0.1, 0.15) is 44.5 Å². The minimum absolute atomic E-state index is 0.631. The molecule has 0 aliphatic heterocycles. The van der Waals surface area contributed by atoms with Gasteiger partial charge in [0.1, 0.15) is 0 Å². The van der Waals surface area contributed by atoms with Crippen LogP contribution in [0.15, 0.2) is 431 Å². The lowest BCUT2D eigenvalue weighted by Gasteiger charge is -2.13. The van der Waals surface area contributed by atoms with Crippen LogP contribution in [-0.4, -0.2) is 54.8 Å². The van der Waals surface area contributed by atoms with Crippen LogP contribution in [0.4, 0.5) is 0 Å². The Hall–Kier alpha value is -17.2. The van der Waals surface area contributed by atoms with Crippen molar-refractivity contribution < 1.29 is 0 Å². The van der Waals surface area contributed by atoms with E-state index >= 15 is 0 Å². The summed E-state index contributed by atoms with van der Waals surface area (Å²) >= 11 is 0. The van der Waals surface area contributed by atoms with Crippen molar-refractivity contribution in [2.45, 2.75) is 55.4 Å². The van der Waals surface area contributed by atoms with Crippen LogP contribution in [0.25, 0.3) is 203 Å². The Kier molecular flexibility index (Phi) is 25.4. The predicted molar refractivity (Wildman–Crippen MR) is 551 cm³/mol. The van der Waals surface area contributed by atoms with E-state index in [-0.39, 0.29) is 0 Å². The van der Waals surface area contributed by atoms with Gasteiger partial charge in [0.2, 0.25) is 0 Å². The third kappa shape index (κ3) is 20.6. The molecule has 642 valence electrons. The molecule has 0 saturated heterocycles. The Balaban J connectivity index is 0.000000129. The third-order valence-electron chi connectivity index (χ3n) is 23.7. The van der Waals surface area contributed by atoms with Crippen molar-refractivity contribution in [3.63, 3.8) is 0 Å². The fraction of sp³-hybridized carbons (Fsp3) is 0.0650. The van der Waals surface area contributed by atoms with E-state index in [1.807, 2.05) is 67.0 Å². The topological polar surface area (TPSA) is 142 Å². The van der Waals surface area contributed by atoms with Crippen LogP contribution in [0.5, 0.6) is 0 Å². The Labute approximate surface area is 783 Å². The van der Waals surface area contributed by atoms with Gasteiger partial charge < -0.3 is 0 Å². The molecular formula is C123H95N11. The van der Waals surface area contributed by atoms with Gasteiger partial charge in [-0.05, 0) is 242 Å².